The molecule has 1 amide bonds. The molecule has 13 nitrogen and oxygen atoms in total. The highest BCUT2D eigenvalue weighted by Crippen LogP contribution is 2.51. The molecule has 0 bridgehead atoms. The summed E-state index contributed by atoms with van der Waals surface area (Å²) in [5, 5.41) is 4.94. The summed E-state index contributed by atoms with van der Waals surface area (Å²) < 4.78 is 50.8. The van der Waals surface area contributed by atoms with Crippen molar-refractivity contribution in [3.8, 4) is 11.5 Å². The third-order valence-corrected chi connectivity index (χ3v) is 23.7. The summed E-state index contributed by atoms with van der Waals surface area (Å²) in [5.41, 5.74) is 1.99. The largest absolute Gasteiger partial charge is 0.497 e. The van der Waals surface area contributed by atoms with Gasteiger partial charge >= 0.3 is 5.69 Å². The van der Waals surface area contributed by atoms with E-state index in [1.54, 1.807) is 32.5 Å². The van der Waals surface area contributed by atoms with E-state index in [-0.39, 0.29) is 42.6 Å². The molecule has 1 N–H and O–H groups in total. The van der Waals surface area contributed by atoms with Crippen molar-refractivity contribution in [2.24, 2.45) is 0 Å². The minimum atomic E-state index is -2.94. The number of anilines is 1. The molecular weight excluding hydrogens is 1070 g/mol. The Kier molecular flexibility index (Phi) is 20.2. The molecule has 428 valence electrons. The lowest BCUT2D eigenvalue weighted by atomic mass is 9.80. The summed E-state index contributed by atoms with van der Waals surface area (Å²) in [6.07, 6.45) is -0.203. The summed E-state index contributed by atoms with van der Waals surface area (Å²) in [4.78, 5) is 33.2. The zero-order valence-electron chi connectivity index (χ0n) is 49.1. The maximum absolute atomic E-state index is 14.4. The van der Waals surface area contributed by atoms with Gasteiger partial charge in [0.25, 0.3) is 22.8 Å². The van der Waals surface area contributed by atoms with Crippen molar-refractivity contribution >= 4 is 47.0 Å². The van der Waals surface area contributed by atoms with Crippen molar-refractivity contribution in [2.45, 2.75) is 128 Å². The molecule has 0 aliphatic carbocycles. The molecule has 1 saturated heterocycles. The zero-order chi connectivity index (χ0) is 58.0. The molecule has 0 spiro atoms. The van der Waals surface area contributed by atoms with E-state index in [0.717, 1.165) is 33.1 Å². The number of hydrogen-bond donors (Lipinski definition) is 1. The number of carbonyl (C=O) groups excluding carboxylic acids is 1. The number of methoxy groups -OCH3 is 2. The van der Waals surface area contributed by atoms with Crippen LogP contribution in [0, 0.1) is 0 Å². The monoisotopic (exact) mass is 1150 g/mol. The number of amides is 1. The predicted molar refractivity (Wildman–Crippen MR) is 330 cm³/mol. The normalized spacial score (nSPS) is 16.5. The van der Waals surface area contributed by atoms with Gasteiger partial charge in [-0.2, -0.15) is 4.98 Å². The lowest BCUT2D eigenvalue weighted by molar-refractivity contribution is -0.0925. The van der Waals surface area contributed by atoms with Crippen molar-refractivity contribution < 1.29 is 37.2 Å². The zero-order valence-corrected chi connectivity index (χ0v) is 52.0. The summed E-state index contributed by atoms with van der Waals surface area (Å²) in [6.45, 7) is 23.1. The number of aromatic nitrogens is 2. The Bertz CT molecular complexity index is 3080. The predicted octanol–water partition coefficient (Wildman–Crippen LogP) is 13.0. The highest BCUT2D eigenvalue weighted by Gasteiger charge is 2.50. The van der Waals surface area contributed by atoms with Crippen molar-refractivity contribution in [1.29, 1.82) is 0 Å². The molecule has 7 aromatic rings. The first-order valence-electron chi connectivity index (χ1n) is 28.0. The van der Waals surface area contributed by atoms with Gasteiger partial charge in [0.2, 0.25) is 0 Å². The van der Waals surface area contributed by atoms with Gasteiger partial charge in [0.15, 0.2) is 0 Å². The van der Waals surface area contributed by atoms with E-state index in [1.807, 2.05) is 97.1 Å². The van der Waals surface area contributed by atoms with E-state index >= 15 is 0 Å². The van der Waals surface area contributed by atoms with Crippen LogP contribution in [0.25, 0.3) is 0 Å². The van der Waals surface area contributed by atoms with Crippen molar-refractivity contribution in [3.05, 3.63) is 214 Å². The van der Waals surface area contributed by atoms with E-state index in [0.29, 0.717) is 29.2 Å². The van der Waals surface area contributed by atoms with Crippen LogP contribution in [0.5, 0.6) is 11.5 Å². The summed E-state index contributed by atoms with van der Waals surface area (Å²) >= 11 is 0. The van der Waals surface area contributed by atoms with Gasteiger partial charge in [-0.3, -0.25) is 9.36 Å². The van der Waals surface area contributed by atoms with Crippen LogP contribution in [0.15, 0.2) is 181 Å². The SMILES string of the molecule is COc1ccc(C(OC[C@H]2O[C@@H](n3ccc(NC(=O)c4ccccc4CO[Si](c4ccccc4)(c4ccccc4)C(C)(C)C)nc3=O)C[C@@H]2OP(OCC[Si](C)(C)C)N(C(C)C)C(C)C)(c2ccccc2)c2ccc(OC)cc2)cc1. The standard InChI is InChI=1S/C65H81N4O9PSi2/c1-47(2)69(48(3)4)79(75-42-43-80(10,11)12)78-58-44-61(77-59(58)46-74-65(50-25-16-13-17-26-50,51-32-36-53(72-8)37-33-51)52-34-38-54(73-9)39-35-52)68-41-40-60(67-63(68)71)66-62(70)57-31-23-22-24-49(57)45-76-81(64(5,6)7,55-27-18-14-19-28-55)56-29-20-15-21-30-56/h13-41,47-48,58-59,61H,42-46H2,1-12H3,(H,66,67,70,71)/t58-,59+,61+,79?/m0/s1. The van der Waals surface area contributed by atoms with Crippen molar-refractivity contribution in [2.75, 3.05) is 32.8 Å². The Morgan fingerprint density at radius 3 is 1.75 bits per heavy atom. The number of benzene rings is 6. The first-order chi connectivity index (χ1) is 38.8. The van der Waals surface area contributed by atoms with Gasteiger partial charge in [-0.1, -0.05) is 174 Å². The number of nitrogens with zero attached hydrogens (tertiary/aromatic N) is 3. The number of ether oxygens (including phenoxy) is 4. The average molecular weight is 1150 g/mol. The van der Waals surface area contributed by atoms with Gasteiger partial charge in [-0.25, -0.2) is 9.46 Å². The number of hydrogen-bond acceptors (Lipinski definition) is 11. The van der Waals surface area contributed by atoms with E-state index in [9.17, 15) is 9.59 Å². The van der Waals surface area contributed by atoms with Crippen LogP contribution >= 0.6 is 8.53 Å². The third-order valence-electron chi connectivity index (χ3n) is 14.8. The maximum atomic E-state index is 14.4. The Morgan fingerprint density at radius 2 is 1.25 bits per heavy atom. The van der Waals surface area contributed by atoms with Crippen LogP contribution in [-0.2, 0) is 35.2 Å². The first kappa shape index (κ1) is 61.0. The first-order valence-corrected chi connectivity index (χ1v) is 34.8. The maximum Gasteiger partial charge on any atom is 0.351 e. The second-order valence-corrected chi connectivity index (χ2v) is 34.7. The number of rotatable bonds is 25. The molecule has 1 unspecified atom stereocenters. The smallest absolute Gasteiger partial charge is 0.351 e. The molecule has 81 heavy (non-hydrogen) atoms. The van der Waals surface area contributed by atoms with E-state index in [4.69, 9.17) is 32.4 Å². The summed E-state index contributed by atoms with van der Waals surface area (Å²) in [5.74, 6) is 1.10. The van der Waals surface area contributed by atoms with Crippen molar-refractivity contribution in [1.82, 2.24) is 14.2 Å². The second kappa shape index (κ2) is 26.9. The quantitative estimate of drug-likeness (QED) is 0.0333. The molecule has 16 heteroatoms. The molecule has 2 heterocycles. The topological polar surface area (TPSA) is 132 Å². The van der Waals surface area contributed by atoms with Crippen LogP contribution in [-0.4, -0.2) is 88.2 Å². The summed E-state index contributed by atoms with van der Waals surface area (Å²) in [7, 11) is -2.74. The Morgan fingerprint density at radius 1 is 0.728 bits per heavy atom. The molecule has 0 radical (unpaired) electrons. The van der Waals surface area contributed by atoms with Crippen LogP contribution in [0.3, 0.4) is 0 Å². The molecule has 1 aromatic heterocycles. The Balaban J connectivity index is 1.11. The van der Waals surface area contributed by atoms with Gasteiger partial charge in [0.1, 0.15) is 35.2 Å². The minimum Gasteiger partial charge on any atom is -0.497 e. The molecule has 1 aliphatic heterocycles. The van der Waals surface area contributed by atoms with E-state index in [2.05, 4.69) is 144 Å². The van der Waals surface area contributed by atoms with Gasteiger partial charge in [-0.05, 0) is 108 Å². The van der Waals surface area contributed by atoms with Gasteiger partial charge in [-0.15, -0.1) is 0 Å². The van der Waals surface area contributed by atoms with Crippen LogP contribution in [0.1, 0.15) is 93.7 Å². The summed E-state index contributed by atoms with van der Waals surface area (Å²) in [6, 6.07) is 57.0. The van der Waals surface area contributed by atoms with Crippen LogP contribution < -0.4 is 30.9 Å². The van der Waals surface area contributed by atoms with Gasteiger partial charge in [0, 0.05) is 38.3 Å². The fraction of sp³-hybridized carbons (Fsp3) is 0.369. The number of nitrogens with one attached hydrogen (secondary N) is 1. The molecule has 6 aromatic carbocycles. The third kappa shape index (κ3) is 14.2. The lowest BCUT2D eigenvalue weighted by Gasteiger charge is -2.43. The van der Waals surface area contributed by atoms with Gasteiger partial charge < -0.3 is 37.7 Å². The van der Waals surface area contributed by atoms with Crippen LogP contribution in [0.2, 0.25) is 30.7 Å². The fourth-order valence-corrected chi connectivity index (χ4v) is 18.0. The van der Waals surface area contributed by atoms with E-state index < -0.39 is 60.6 Å². The van der Waals surface area contributed by atoms with Gasteiger partial charge in [0.05, 0.1) is 40.1 Å². The molecule has 1 aliphatic rings. The molecule has 4 atom stereocenters. The lowest BCUT2D eigenvalue weighted by Crippen LogP contribution is -2.66. The van der Waals surface area contributed by atoms with Crippen molar-refractivity contribution in [3.63, 3.8) is 0 Å². The Labute approximate surface area is 483 Å². The minimum absolute atomic E-state index is 0.0467. The van der Waals surface area contributed by atoms with E-state index in [1.165, 1.54) is 4.57 Å². The molecule has 8 rings (SSSR count). The highest BCUT2D eigenvalue weighted by molar-refractivity contribution is 7.44. The highest BCUT2D eigenvalue weighted by atomic mass is 31.2. The second-order valence-electron chi connectivity index (χ2n) is 23.3. The number of carbonyl (C=O) groups is 1. The molecule has 0 saturated carbocycles. The fourth-order valence-electron chi connectivity index (χ4n) is 10.8. The average Bonchev–Trinajstić information content (AvgIpc) is 4.00. The Hall–Kier alpha value is -6.11. The molecule has 1 fully saturated rings. The molecular formula is C65H81N4O9PSi2. The van der Waals surface area contributed by atoms with Crippen LogP contribution in [0.4, 0.5) is 5.82 Å².